The lowest BCUT2D eigenvalue weighted by Crippen LogP contribution is -2.49. The van der Waals surface area contributed by atoms with Gasteiger partial charge in [0.15, 0.2) is 5.03 Å². The molecule has 0 aliphatic heterocycles. The van der Waals surface area contributed by atoms with Gasteiger partial charge in [-0.2, -0.15) is 0 Å². The van der Waals surface area contributed by atoms with Crippen LogP contribution in [0.3, 0.4) is 0 Å². The minimum atomic E-state index is -3.74. The second-order valence-electron chi connectivity index (χ2n) is 9.55. The Morgan fingerprint density at radius 2 is 1.43 bits per heavy atom. The predicted molar refractivity (Wildman–Crippen MR) is 157 cm³/mol. The molecule has 42 heavy (non-hydrogen) atoms. The minimum Gasteiger partial charge on any atom is -0.368 e. The van der Waals surface area contributed by atoms with Crippen molar-refractivity contribution in [3.63, 3.8) is 0 Å². The summed E-state index contributed by atoms with van der Waals surface area (Å²) in [5.41, 5.74) is 13.9. The molecule has 2 amide bonds. The number of guanidine groups is 1. The van der Waals surface area contributed by atoms with E-state index in [1.54, 1.807) is 24.3 Å². The molecule has 0 aliphatic rings. The molecule has 14 heteroatoms. The molecule has 3 rings (SSSR count). The van der Waals surface area contributed by atoms with Gasteiger partial charge in [-0.05, 0) is 35.1 Å². The number of carbonyl (C=O) groups excluding carboxylic acids is 2. The Hall–Kier alpha value is -4.82. The SMILES string of the molecule is NC(=O)[C@@H](CCCNC(N)=N[N+](=O)[O-])N(Cc1ccc(CS(N)(=O)=O)cc1)C(=O)C(c1ccccc1)c1ccccc1. The summed E-state index contributed by atoms with van der Waals surface area (Å²) in [7, 11) is -3.74. The first-order valence-corrected chi connectivity index (χ1v) is 14.7. The van der Waals surface area contributed by atoms with Crippen molar-refractivity contribution in [1.29, 1.82) is 0 Å². The highest BCUT2D eigenvalue weighted by Gasteiger charge is 2.34. The molecule has 0 radical (unpaired) electrons. The number of nitro groups is 1. The molecule has 0 bridgehead atoms. The van der Waals surface area contributed by atoms with Crippen LogP contribution in [0.25, 0.3) is 0 Å². The molecule has 1 atom stereocenters. The minimum absolute atomic E-state index is 0.00336. The molecule has 3 aromatic carbocycles. The summed E-state index contributed by atoms with van der Waals surface area (Å²) in [6.07, 6.45) is 0.402. The van der Waals surface area contributed by atoms with Gasteiger partial charge >= 0.3 is 0 Å². The van der Waals surface area contributed by atoms with Gasteiger partial charge in [0, 0.05) is 13.1 Å². The third-order valence-electron chi connectivity index (χ3n) is 6.39. The zero-order valence-electron chi connectivity index (χ0n) is 22.7. The van der Waals surface area contributed by atoms with E-state index in [9.17, 15) is 28.1 Å². The number of hydrogen-bond acceptors (Lipinski definition) is 6. The second-order valence-corrected chi connectivity index (χ2v) is 11.2. The summed E-state index contributed by atoms with van der Waals surface area (Å²) in [5.74, 6) is -2.60. The van der Waals surface area contributed by atoms with Crippen LogP contribution in [0.2, 0.25) is 0 Å². The number of carbonyl (C=O) groups is 2. The quantitative estimate of drug-likeness (QED) is 0.0699. The summed E-state index contributed by atoms with van der Waals surface area (Å²) in [6, 6.07) is 23.7. The van der Waals surface area contributed by atoms with E-state index >= 15 is 0 Å². The van der Waals surface area contributed by atoms with Crippen molar-refractivity contribution < 1.29 is 23.0 Å². The molecule has 13 nitrogen and oxygen atoms in total. The fourth-order valence-corrected chi connectivity index (χ4v) is 5.19. The van der Waals surface area contributed by atoms with E-state index in [2.05, 4.69) is 10.4 Å². The molecule has 3 aromatic rings. The van der Waals surface area contributed by atoms with Gasteiger partial charge < -0.3 is 21.7 Å². The predicted octanol–water partition coefficient (Wildman–Crippen LogP) is 1.37. The number of nitrogens with one attached hydrogen (secondary N) is 1. The third-order valence-corrected chi connectivity index (χ3v) is 7.13. The summed E-state index contributed by atoms with van der Waals surface area (Å²) < 4.78 is 23.0. The van der Waals surface area contributed by atoms with Crippen LogP contribution in [-0.4, -0.2) is 48.7 Å². The number of rotatable bonds is 14. The lowest BCUT2D eigenvalue weighted by molar-refractivity contribution is -0.485. The number of nitrogens with zero attached hydrogens (tertiary/aromatic N) is 3. The average Bonchev–Trinajstić information content (AvgIpc) is 2.93. The number of hydrazone groups is 1. The average molecular weight is 596 g/mol. The number of primary sulfonamides is 1. The van der Waals surface area contributed by atoms with Crippen LogP contribution in [0.5, 0.6) is 0 Å². The number of amides is 2. The Bertz CT molecular complexity index is 1460. The Morgan fingerprint density at radius 1 is 0.905 bits per heavy atom. The molecule has 7 N–H and O–H groups in total. The van der Waals surface area contributed by atoms with E-state index in [4.69, 9.17) is 16.6 Å². The standard InChI is InChI=1S/C28H33N7O6S/c29-26(36)24(12-7-17-32-28(30)33-35(38)39)34(18-20-13-15-21(16-14-20)19-42(31,40)41)27(37)25(22-8-3-1-4-9-22)23-10-5-2-6-11-23/h1-6,8-11,13-16,24-25H,7,12,17-19H2,(H2,29,36)(H3,30,32,33)(H2,31,40,41)/t24-/m1/s1. The largest absolute Gasteiger partial charge is 0.368 e. The van der Waals surface area contributed by atoms with Gasteiger partial charge in [-0.1, -0.05) is 84.9 Å². The highest BCUT2D eigenvalue weighted by Crippen LogP contribution is 2.29. The maximum atomic E-state index is 14.4. The first-order chi connectivity index (χ1) is 19.9. The van der Waals surface area contributed by atoms with Crippen LogP contribution in [0.15, 0.2) is 90.0 Å². The summed E-state index contributed by atoms with van der Waals surface area (Å²) >= 11 is 0. The van der Waals surface area contributed by atoms with Gasteiger partial charge in [0.25, 0.3) is 5.96 Å². The van der Waals surface area contributed by atoms with Crippen molar-refractivity contribution >= 4 is 27.8 Å². The van der Waals surface area contributed by atoms with E-state index in [0.29, 0.717) is 11.1 Å². The summed E-state index contributed by atoms with van der Waals surface area (Å²) in [5, 5.41) is 20.3. The Morgan fingerprint density at radius 3 is 1.90 bits per heavy atom. The molecule has 0 saturated heterocycles. The summed E-state index contributed by atoms with van der Waals surface area (Å²) in [4.78, 5) is 39.1. The fraction of sp³-hybridized carbons (Fsp3) is 0.250. The molecule has 0 aromatic heterocycles. The van der Waals surface area contributed by atoms with Crippen molar-refractivity contribution in [1.82, 2.24) is 10.2 Å². The van der Waals surface area contributed by atoms with Crippen molar-refractivity contribution in [2.24, 2.45) is 21.7 Å². The zero-order valence-corrected chi connectivity index (χ0v) is 23.5. The number of benzene rings is 3. The molecule has 0 aliphatic carbocycles. The lowest BCUT2D eigenvalue weighted by atomic mass is 9.89. The maximum Gasteiger partial charge on any atom is 0.266 e. The lowest BCUT2D eigenvalue weighted by Gasteiger charge is -2.33. The monoisotopic (exact) mass is 595 g/mol. The number of nitrogens with two attached hydrogens (primary N) is 3. The highest BCUT2D eigenvalue weighted by atomic mass is 32.2. The normalized spacial score (nSPS) is 12.5. The van der Waals surface area contributed by atoms with Crippen LogP contribution in [0, 0.1) is 10.1 Å². The Kier molecular flexibility index (Phi) is 11.1. The Labute approximate surface area is 243 Å². The Balaban J connectivity index is 1.97. The summed E-state index contributed by atoms with van der Waals surface area (Å²) in [6.45, 7) is 0.134. The first-order valence-electron chi connectivity index (χ1n) is 12.9. The number of primary amides is 1. The fourth-order valence-electron chi connectivity index (χ4n) is 4.53. The van der Waals surface area contributed by atoms with Gasteiger partial charge in [0.05, 0.1) is 11.7 Å². The van der Waals surface area contributed by atoms with Crippen LogP contribution in [0.1, 0.15) is 41.0 Å². The van der Waals surface area contributed by atoms with E-state index < -0.39 is 38.9 Å². The molecule has 0 fully saturated rings. The molecule has 222 valence electrons. The number of hydrogen-bond donors (Lipinski definition) is 4. The van der Waals surface area contributed by atoms with Crippen LogP contribution in [-0.2, 0) is 31.9 Å². The maximum absolute atomic E-state index is 14.4. The van der Waals surface area contributed by atoms with Crippen LogP contribution >= 0.6 is 0 Å². The smallest absolute Gasteiger partial charge is 0.266 e. The van der Waals surface area contributed by atoms with Crippen LogP contribution in [0.4, 0.5) is 0 Å². The molecule has 0 heterocycles. The van der Waals surface area contributed by atoms with Gasteiger partial charge in [0.2, 0.25) is 21.8 Å². The first kappa shape index (κ1) is 31.7. The van der Waals surface area contributed by atoms with Gasteiger partial charge in [0.1, 0.15) is 11.1 Å². The molecule has 0 unspecified atom stereocenters. The van der Waals surface area contributed by atoms with Crippen molar-refractivity contribution in [3.05, 3.63) is 117 Å². The zero-order chi connectivity index (χ0) is 30.7. The van der Waals surface area contributed by atoms with Crippen molar-refractivity contribution in [2.45, 2.75) is 37.1 Å². The van der Waals surface area contributed by atoms with E-state index in [-0.39, 0.29) is 37.6 Å². The second kappa shape index (κ2) is 14.7. The van der Waals surface area contributed by atoms with Crippen molar-refractivity contribution in [3.8, 4) is 0 Å². The van der Waals surface area contributed by atoms with Crippen molar-refractivity contribution in [2.75, 3.05) is 6.54 Å². The van der Waals surface area contributed by atoms with Gasteiger partial charge in [-0.25, -0.2) is 23.7 Å². The molecule has 0 spiro atoms. The third kappa shape index (κ3) is 9.67. The van der Waals surface area contributed by atoms with E-state index in [0.717, 1.165) is 11.1 Å². The molecule has 0 saturated carbocycles. The topological polar surface area (TPSA) is 217 Å². The highest BCUT2D eigenvalue weighted by molar-refractivity contribution is 7.88. The molecular formula is C28H33N7O6S. The van der Waals surface area contributed by atoms with E-state index in [1.807, 2.05) is 60.7 Å². The van der Waals surface area contributed by atoms with Gasteiger partial charge in [-0.3, -0.25) is 9.59 Å². The number of sulfonamides is 1. The van der Waals surface area contributed by atoms with Gasteiger partial charge in [-0.15, -0.1) is 0 Å². The van der Waals surface area contributed by atoms with E-state index in [1.165, 1.54) is 4.90 Å². The molecular weight excluding hydrogens is 562 g/mol. The van der Waals surface area contributed by atoms with Crippen LogP contribution < -0.4 is 21.9 Å².